The summed E-state index contributed by atoms with van der Waals surface area (Å²) in [4.78, 5) is 66.5. The van der Waals surface area contributed by atoms with Gasteiger partial charge in [-0.25, -0.2) is 9.59 Å². The number of rotatable bonds is 10. The number of aromatic hydroxyl groups is 1. The Labute approximate surface area is 360 Å². The lowest BCUT2D eigenvalue weighted by Gasteiger charge is -2.21. The highest BCUT2D eigenvalue weighted by Gasteiger charge is 2.30. The quantitative estimate of drug-likeness (QED) is 0.0568. The molecule has 0 spiro atoms. The lowest BCUT2D eigenvalue weighted by molar-refractivity contribution is 0.0686. The average Bonchev–Trinajstić information content (AvgIpc) is 3.23. The van der Waals surface area contributed by atoms with Gasteiger partial charge in [0.05, 0.1) is 32.1 Å². The number of phenols is 1. The van der Waals surface area contributed by atoms with E-state index < -0.39 is 29.3 Å². The zero-order valence-corrected chi connectivity index (χ0v) is 34.1. The lowest BCUT2D eigenvalue weighted by atomic mass is 9.89. The van der Waals surface area contributed by atoms with E-state index in [4.69, 9.17) is 37.4 Å². The molecule has 310 valence electrons. The summed E-state index contributed by atoms with van der Waals surface area (Å²) in [5.41, 5.74) is 2.10. The van der Waals surface area contributed by atoms with Crippen LogP contribution in [0.1, 0.15) is 41.4 Å². The number of hydrogen-bond acceptors (Lipinski definition) is 10. The lowest BCUT2D eigenvalue weighted by Crippen LogP contribution is -2.35. The third-order valence-corrected chi connectivity index (χ3v) is 11.0. The number of aromatic carboxylic acids is 2. The molecule has 0 radical (unpaired) electrons. The Morgan fingerprint density at radius 2 is 1.29 bits per heavy atom. The zero-order valence-electron chi connectivity index (χ0n) is 32.6. The van der Waals surface area contributed by atoms with Crippen molar-refractivity contribution < 1.29 is 43.3 Å². The van der Waals surface area contributed by atoms with Crippen LogP contribution in [-0.2, 0) is 0 Å². The van der Waals surface area contributed by atoms with Crippen LogP contribution in [0.4, 0.5) is 5.69 Å². The molecule has 0 fully saturated rings. The molecule has 4 aromatic rings. The summed E-state index contributed by atoms with van der Waals surface area (Å²) in [6.45, 7) is -0.273. The number of fused-ring (bicyclic) bond motifs is 4. The fourth-order valence-electron chi connectivity index (χ4n) is 7.44. The van der Waals surface area contributed by atoms with E-state index in [1.807, 2.05) is 25.1 Å². The molecule has 2 aliphatic heterocycles. The molecule has 6 N–H and O–H groups in total. The second-order valence-electron chi connectivity index (χ2n) is 14.4. The second-order valence-corrected chi connectivity index (χ2v) is 15.2. The number of nitrogens with one attached hydrogen (secondary N) is 3. The highest BCUT2D eigenvalue weighted by Crippen LogP contribution is 2.47. The van der Waals surface area contributed by atoms with Crippen LogP contribution < -0.4 is 26.3 Å². The van der Waals surface area contributed by atoms with Crippen LogP contribution in [0.3, 0.4) is 0 Å². The molecule has 14 nitrogen and oxygen atoms in total. The standard InChI is InChI=1S/C46H32Cl2N4O10/c1-52(2)23-5-10-30-35(17-23)61-34-16-22(49)4-9-29(34)39(30)40-33(47)20-32(42(48)41(40)46(59)60)44(56)51-14-13-50-43(55)21-3-8-26(31(15-21)45(57)58)38-27-11-6-24(53)18-36(27)62-37-19-25(54)7-12-28(37)38/h3-12,15-20,49,53H,13-14H2,1-2H3,(H,50,55)(H,51,56)(H,57,58)(H,59,60). The van der Waals surface area contributed by atoms with Gasteiger partial charge in [0, 0.05) is 101 Å². The van der Waals surface area contributed by atoms with Crippen molar-refractivity contribution in [2.24, 2.45) is 0 Å². The summed E-state index contributed by atoms with van der Waals surface area (Å²) >= 11 is 13.6. The van der Waals surface area contributed by atoms with Crippen molar-refractivity contribution in [2.75, 3.05) is 32.1 Å². The first-order valence-electron chi connectivity index (χ1n) is 18.7. The Balaban J connectivity index is 1.05. The van der Waals surface area contributed by atoms with Gasteiger partial charge >= 0.3 is 11.9 Å². The first-order valence-corrected chi connectivity index (χ1v) is 19.5. The molecule has 0 saturated heterocycles. The normalized spacial score (nSPS) is 11.3. The number of hydrogen-bond donors (Lipinski definition) is 6. The van der Waals surface area contributed by atoms with Gasteiger partial charge in [0.1, 0.15) is 28.4 Å². The first kappa shape index (κ1) is 41.1. The maximum atomic E-state index is 13.5. The first-order chi connectivity index (χ1) is 29.6. The van der Waals surface area contributed by atoms with Gasteiger partial charge in [-0.15, -0.1) is 0 Å². The van der Waals surface area contributed by atoms with Crippen LogP contribution in [0.15, 0.2) is 111 Å². The van der Waals surface area contributed by atoms with Gasteiger partial charge in [0.25, 0.3) is 11.8 Å². The van der Waals surface area contributed by atoms with E-state index in [-0.39, 0.29) is 78.8 Å². The van der Waals surface area contributed by atoms with Crippen molar-refractivity contribution in [3.05, 3.63) is 145 Å². The van der Waals surface area contributed by atoms with Crippen LogP contribution in [0.2, 0.25) is 10.0 Å². The molecule has 0 saturated carbocycles. The fraction of sp³-hybridized carbons (Fsp3) is 0.0870. The molecule has 4 aliphatic rings. The Hall–Kier alpha value is -7.68. The minimum Gasteiger partial charge on any atom is -0.508 e. The van der Waals surface area contributed by atoms with Gasteiger partial charge in [0.2, 0.25) is 0 Å². The van der Waals surface area contributed by atoms with Crippen molar-refractivity contribution in [1.29, 1.82) is 5.41 Å². The van der Waals surface area contributed by atoms with Gasteiger partial charge in [0.15, 0.2) is 5.43 Å². The largest absolute Gasteiger partial charge is 0.508 e. The molecule has 62 heavy (non-hydrogen) atoms. The summed E-state index contributed by atoms with van der Waals surface area (Å²) in [5, 5.41) is 45.0. The Bertz CT molecular complexity index is 3270. The van der Waals surface area contributed by atoms with Crippen LogP contribution in [0.25, 0.3) is 66.8 Å². The van der Waals surface area contributed by atoms with Gasteiger partial charge in [-0.3, -0.25) is 14.4 Å². The fourth-order valence-corrected chi connectivity index (χ4v) is 8.06. The average molecular weight is 872 g/mol. The number of carbonyl (C=O) groups excluding carboxylic acids is 2. The summed E-state index contributed by atoms with van der Waals surface area (Å²) in [6.07, 6.45) is 0. The smallest absolute Gasteiger partial charge is 0.337 e. The number of carboxylic acids is 2. The van der Waals surface area contributed by atoms with E-state index in [1.54, 1.807) is 24.3 Å². The number of amides is 2. The number of carbonyl (C=O) groups is 4. The number of anilines is 1. The topological polar surface area (TPSA) is 223 Å². The van der Waals surface area contributed by atoms with Crippen LogP contribution in [-0.4, -0.2) is 66.3 Å². The molecular formula is C46H32Cl2N4O10. The Morgan fingerprint density at radius 1 is 0.661 bits per heavy atom. The number of phenolic OH excluding ortho intramolecular Hbond substituents is 1. The molecule has 16 heteroatoms. The van der Waals surface area contributed by atoms with Crippen molar-refractivity contribution in [1.82, 2.24) is 10.6 Å². The summed E-state index contributed by atoms with van der Waals surface area (Å²) in [6, 6.07) is 23.8. The van der Waals surface area contributed by atoms with Gasteiger partial charge in [-0.1, -0.05) is 29.3 Å². The maximum absolute atomic E-state index is 13.5. The third-order valence-electron chi connectivity index (χ3n) is 10.3. The minimum absolute atomic E-state index is 0.00615. The minimum atomic E-state index is -1.45. The molecule has 0 bridgehead atoms. The predicted molar refractivity (Wildman–Crippen MR) is 233 cm³/mol. The monoisotopic (exact) mass is 870 g/mol. The van der Waals surface area contributed by atoms with Crippen molar-refractivity contribution >= 4 is 74.6 Å². The molecule has 0 atom stereocenters. The van der Waals surface area contributed by atoms with Gasteiger partial charge in [-0.2, -0.15) is 0 Å². The molecule has 2 amide bonds. The van der Waals surface area contributed by atoms with E-state index >= 15 is 0 Å². The number of nitrogens with zero attached hydrogens (tertiary/aromatic N) is 1. The number of benzene rings is 6. The van der Waals surface area contributed by atoms with E-state index in [1.165, 1.54) is 66.7 Å². The van der Waals surface area contributed by atoms with Crippen molar-refractivity contribution in [2.45, 2.75) is 0 Å². The van der Waals surface area contributed by atoms with Crippen molar-refractivity contribution in [3.8, 4) is 50.7 Å². The Kier molecular flexibility index (Phi) is 10.6. The highest BCUT2D eigenvalue weighted by molar-refractivity contribution is 6.41. The second kappa shape index (κ2) is 16.1. The number of carboxylic acid groups (broad SMARTS) is 2. The Morgan fingerprint density at radius 3 is 2.00 bits per heavy atom. The molecule has 0 aromatic heterocycles. The molecule has 8 rings (SSSR count). The van der Waals surface area contributed by atoms with E-state index in [9.17, 15) is 39.3 Å². The highest BCUT2D eigenvalue weighted by atomic mass is 35.5. The summed E-state index contributed by atoms with van der Waals surface area (Å²) in [7, 11) is 3.71. The molecule has 0 unspecified atom stereocenters. The summed E-state index contributed by atoms with van der Waals surface area (Å²) in [5.74, 6) is -3.87. The van der Waals surface area contributed by atoms with Gasteiger partial charge in [-0.05, 0) is 72.3 Å². The van der Waals surface area contributed by atoms with E-state index in [0.29, 0.717) is 44.4 Å². The molecule has 2 heterocycles. The molecule has 2 aliphatic carbocycles. The van der Waals surface area contributed by atoms with E-state index in [2.05, 4.69) is 10.6 Å². The van der Waals surface area contributed by atoms with Crippen LogP contribution in [0.5, 0.6) is 5.75 Å². The van der Waals surface area contributed by atoms with E-state index in [0.717, 1.165) is 5.69 Å². The van der Waals surface area contributed by atoms with Crippen LogP contribution in [0, 0.1) is 5.41 Å². The van der Waals surface area contributed by atoms with Crippen molar-refractivity contribution in [3.63, 3.8) is 0 Å². The number of halogens is 2. The third kappa shape index (κ3) is 7.42. The molecule has 4 aromatic carbocycles. The van der Waals surface area contributed by atoms with Gasteiger partial charge < -0.3 is 45.1 Å². The summed E-state index contributed by atoms with van der Waals surface area (Å²) < 4.78 is 12.1. The SMILES string of the molecule is CN(C)c1ccc2c(-c3c(Cl)cc(C(=O)NCCNC(=O)c4ccc(-c5c6ccc(=O)cc-6oc6cc(O)ccc56)c(C(=O)O)c4)c(Cl)c3C(=O)O)c3ccc(=N)cc-3oc2c1. The molecular weight excluding hydrogens is 839 g/mol. The maximum Gasteiger partial charge on any atom is 0.337 e. The zero-order chi connectivity index (χ0) is 44.1. The van der Waals surface area contributed by atoms with Crippen LogP contribution >= 0.6 is 23.2 Å². The predicted octanol–water partition coefficient (Wildman–Crippen LogP) is 8.20.